The number of fused-ring (bicyclic) bond motifs is 2. The SMILES string of the molecule is O=S(=O)(Nc1cnc2c(Cl)cccc2n1)c1ccc2occc2c1. The summed E-state index contributed by atoms with van der Waals surface area (Å²) in [5, 5.41) is 1.16. The third kappa shape index (κ3) is 2.57. The molecule has 0 aliphatic carbocycles. The summed E-state index contributed by atoms with van der Waals surface area (Å²) in [6.45, 7) is 0. The molecule has 120 valence electrons. The Bertz CT molecular complexity index is 1170. The Hall–Kier alpha value is -2.64. The number of para-hydroxylation sites is 1. The minimum absolute atomic E-state index is 0.115. The van der Waals surface area contributed by atoms with Gasteiger partial charge in [0.1, 0.15) is 11.1 Å². The second kappa shape index (κ2) is 5.47. The number of aromatic nitrogens is 2. The molecule has 0 atom stereocenters. The Morgan fingerprint density at radius 3 is 2.88 bits per heavy atom. The number of halogens is 1. The number of furan rings is 1. The summed E-state index contributed by atoms with van der Waals surface area (Å²) in [6, 6.07) is 11.4. The summed E-state index contributed by atoms with van der Waals surface area (Å²) in [5.74, 6) is 0.122. The first-order chi connectivity index (χ1) is 11.5. The van der Waals surface area contributed by atoms with E-state index in [0.29, 0.717) is 27.0 Å². The molecule has 8 heteroatoms. The van der Waals surface area contributed by atoms with E-state index in [4.69, 9.17) is 16.0 Å². The highest BCUT2D eigenvalue weighted by molar-refractivity contribution is 7.92. The molecule has 2 heterocycles. The third-order valence-corrected chi connectivity index (χ3v) is 5.15. The lowest BCUT2D eigenvalue weighted by atomic mass is 10.3. The highest BCUT2D eigenvalue weighted by Gasteiger charge is 2.16. The lowest BCUT2D eigenvalue weighted by molar-refractivity contribution is 0.601. The van der Waals surface area contributed by atoms with Crippen LogP contribution in [0.2, 0.25) is 5.02 Å². The summed E-state index contributed by atoms with van der Waals surface area (Å²) in [6.07, 6.45) is 2.84. The lowest BCUT2D eigenvalue weighted by Gasteiger charge is -2.08. The van der Waals surface area contributed by atoms with E-state index in [0.717, 1.165) is 0 Å². The molecule has 0 spiro atoms. The monoisotopic (exact) mass is 359 g/mol. The first-order valence-electron chi connectivity index (χ1n) is 6.94. The van der Waals surface area contributed by atoms with Crippen molar-refractivity contribution in [3.63, 3.8) is 0 Å². The van der Waals surface area contributed by atoms with Crippen molar-refractivity contribution in [1.82, 2.24) is 9.97 Å². The van der Waals surface area contributed by atoms with Crippen LogP contribution in [0, 0.1) is 0 Å². The number of anilines is 1. The summed E-state index contributed by atoms with van der Waals surface area (Å²) >= 11 is 6.03. The zero-order chi connectivity index (χ0) is 16.7. The number of hydrogen-bond donors (Lipinski definition) is 1. The molecule has 1 N–H and O–H groups in total. The highest BCUT2D eigenvalue weighted by Crippen LogP contribution is 2.24. The fraction of sp³-hybridized carbons (Fsp3) is 0. The molecule has 0 fully saturated rings. The van der Waals surface area contributed by atoms with Gasteiger partial charge in [0.15, 0.2) is 5.82 Å². The van der Waals surface area contributed by atoms with E-state index in [2.05, 4.69) is 14.7 Å². The Balaban J connectivity index is 1.72. The average molecular weight is 360 g/mol. The number of sulfonamides is 1. The molecule has 24 heavy (non-hydrogen) atoms. The molecule has 0 amide bonds. The van der Waals surface area contributed by atoms with Gasteiger partial charge in [-0.3, -0.25) is 4.72 Å². The normalized spacial score (nSPS) is 11.9. The van der Waals surface area contributed by atoms with Crippen LogP contribution in [-0.2, 0) is 10.0 Å². The molecular weight excluding hydrogens is 350 g/mol. The fourth-order valence-corrected chi connectivity index (χ4v) is 3.60. The molecular formula is C16H10ClN3O3S. The molecule has 2 aromatic heterocycles. The molecule has 0 aliphatic heterocycles. The van der Waals surface area contributed by atoms with Crippen LogP contribution in [0.3, 0.4) is 0 Å². The predicted octanol–water partition coefficient (Wildman–Crippen LogP) is 3.83. The van der Waals surface area contributed by atoms with Gasteiger partial charge in [0, 0.05) is 5.39 Å². The van der Waals surface area contributed by atoms with Gasteiger partial charge >= 0.3 is 0 Å². The topological polar surface area (TPSA) is 85.1 Å². The molecule has 0 aliphatic rings. The standard InChI is InChI=1S/C16H10ClN3O3S/c17-12-2-1-3-13-16(12)18-9-15(19-13)20-24(21,22)11-4-5-14-10(8-11)6-7-23-14/h1-9H,(H,19,20). The molecule has 0 bridgehead atoms. The van der Waals surface area contributed by atoms with Crippen molar-refractivity contribution in [1.29, 1.82) is 0 Å². The van der Waals surface area contributed by atoms with E-state index >= 15 is 0 Å². The highest BCUT2D eigenvalue weighted by atomic mass is 35.5. The van der Waals surface area contributed by atoms with Crippen LogP contribution in [0.5, 0.6) is 0 Å². The average Bonchev–Trinajstić information content (AvgIpc) is 3.02. The first-order valence-corrected chi connectivity index (χ1v) is 8.80. The molecule has 0 unspecified atom stereocenters. The van der Waals surface area contributed by atoms with E-state index in [1.54, 1.807) is 30.3 Å². The smallest absolute Gasteiger partial charge is 0.263 e. The van der Waals surface area contributed by atoms with Gasteiger partial charge in [0.25, 0.3) is 10.0 Å². The van der Waals surface area contributed by atoms with Gasteiger partial charge in [0.2, 0.25) is 0 Å². The number of nitrogens with one attached hydrogen (secondary N) is 1. The summed E-state index contributed by atoms with van der Waals surface area (Å²) in [4.78, 5) is 8.52. The largest absolute Gasteiger partial charge is 0.464 e. The van der Waals surface area contributed by atoms with Crippen LogP contribution in [-0.4, -0.2) is 18.4 Å². The number of benzene rings is 2. The second-order valence-electron chi connectivity index (χ2n) is 5.09. The van der Waals surface area contributed by atoms with Crippen molar-refractivity contribution < 1.29 is 12.8 Å². The van der Waals surface area contributed by atoms with Gasteiger partial charge in [-0.05, 0) is 36.4 Å². The van der Waals surface area contributed by atoms with Crippen molar-refractivity contribution in [2.75, 3.05) is 4.72 Å². The van der Waals surface area contributed by atoms with Crippen molar-refractivity contribution >= 4 is 49.4 Å². The van der Waals surface area contributed by atoms with Crippen LogP contribution >= 0.6 is 11.6 Å². The van der Waals surface area contributed by atoms with Crippen molar-refractivity contribution in [3.8, 4) is 0 Å². The number of rotatable bonds is 3. The summed E-state index contributed by atoms with van der Waals surface area (Å²) in [7, 11) is -3.79. The zero-order valence-corrected chi connectivity index (χ0v) is 13.7. The molecule has 6 nitrogen and oxygen atoms in total. The van der Waals surface area contributed by atoms with Crippen LogP contribution in [0.15, 0.2) is 64.2 Å². The molecule has 4 aromatic rings. The van der Waals surface area contributed by atoms with Gasteiger partial charge in [-0.1, -0.05) is 17.7 Å². The maximum atomic E-state index is 12.5. The van der Waals surface area contributed by atoms with E-state index < -0.39 is 10.0 Å². The maximum absolute atomic E-state index is 12.5. The first kappa shape index (κ1) is 14.9. The zero-order valence-electron chi connectivity index (χ0n) is 12.1. The minimum atomic E-state index is -3.79. The van der Waals surface area contributed by atoms with Gasteiger partial charge in [-0.15, -0.1) is 0 Å². The second-order valence-corrected chi connectivity index (χ2v) is 7.18. The van der Waals surface area contributed by atoms with Gasteiger partial charge in [-0.2, -0.15) is 0 Å². The minimum Gasteiger partial charge on any atom is -0.464 e. The summed E-state index contributed by atoms with van der Waals surface area (Å²) in [5.41, 5.74) is 1.64. The van der Waals surface area contributed by atoms with Crippen LogP contribution in [0.25, 0.3) is 22.0 Å². The Labute approximate surface area is 142 Å². The van der Waals surface area contributed by atoms with Gasteiger partial charge in [-0.25, -0.2) is 18.4 Å². The van der Waals surface area contributed by atoms with E-state index in [1.165, 1.54) is 24.6 Å². The molecule has 0 saturated carbocycles. The van der Waals surface area contributed by atoms with E-state index in [-0.39, 0.29) is 10.7 Å². The number of nitrogens with zero attached hydrogens (tertiary/aromatic N) is 2. The Morgan fingerprint density at radius 1 is 1.12 bits per heavy atom. The quantitative estimate of drug-likeness (QED) is 0.600. The van der Waals surface area contributed by atoms with Crippen LogP contribution in [0.4, 0.5) is 5.82 Å². The Morgan fingerprint density at radius 2 is 2.00 bits per heavy atom. The fourth-order valence-electron chi connectivity index (χ4n) is 2.36. The molecule has 0 saturated heterocycles. The van der Waals surface area contributed by atoms with E-state index in [1.807, 2.05) is 0 Å². The van der Waals surface area contributed by atoms with Crippen molar-refractivity contribution in [2.45, 2.75) is 4.90 Å². The van der Waals surface area contributed by atoms with Crippen molar-refractivity contribution in [2.24, 2.45) is 0 Å². The third-order valence-electron chi connectivity index (χ3n) is 3.50. The molecule has 2 aromatic carbocycles. The van der Waals surface area contributed by atoms with Gasteiger partial charge < -0.3 is 4.42 Å². The van der Waals surface area contributed by atoms with Gasteiger partial charge in [0.05, 0.1) is 27.9 Å². The summed E-state index contributed by atoms with van der Waals surface area (Å²) < 4.78 is 32.7. The number of hydrogen-bond acceptors (Lipinski definition) is 5. The van der Waals surface area contributed by atoms with E-state index in [9.17, 15) is 8.42 Å². The molecule has 0 radical (unpaired) electrons. The molecule has 4 rings (SSSR count). The van der Waals surface area contributed by atoms with Crippen LogP contribution < -0.4 is 4.72 Å². The lowest BCUT2D eigenvalue weighted by Crippen LogP contribution is -2.14. The van der Waals surface area contributed by atoms with Crippen molar-refractivity contribution in [3.05, 3.63) is 59.9 Å². The van der Waals surface area contributed by atoms with Crippen LogP contribution in [0.1, 0.15) is 0 Å². The Kier molecular flexibility index (Phi) is 3.40. The predicted molar refractivity (Wildman–Crippen MR) is 91.6 cm³/mol. The maximum Gasteiger partial charge on any atom is 0.263 e.